The highest BCUT2D eigenvalue weighted by atomic mass is 16.6. The van der Waals surface area contributed by atoms with Gasteiger partial charge in [0.1, 0.15) is 11.5 Å². The van der Waals surface area contributed by atoms with Gasteiger partial charge in [0, 0.05) is 16.9 Å². The van der Waals surface area contributed by atoms with Crippen molar-refractivity contribution in [1.82, 2.24) is 0 Å². The molecule has 1 amide bonds. The van der Waals surface area contributed by atoms with Crippen LogP contribution in [0, 0.1) is 10.1 Å². The first kappa shape index (κ1) is 16.2. The summed E-state index contributed by atoms with van der Waals surface area (Å²) < 4.78 is 5.66. The summed E-state index contributed by atoms with van der Waals surface area (Å²) in [6, 6.07) is 16.1. The van der Waals surface area contributed by atoms with Gasteiger partial charge in [0.15, 0.2) is 0 Å². The van der Waals surface area contributed by atoms with E-state index in [4.69, 9.17) is 10.5 Å². The number of para-hydroxylation sites is 1. The van der Waals surface area contributed by atoms with Crippen molar-refractivity contribution in [2.24, 2.45) is 5.73 Å². The van der Waals surface area contributed by atoms with Gasteiger partial charge in [-0.05, 0) is 29.8 Å². The van der Waals surface area contributed by atoms with E-state index in [-0.39, 0.29) is 18.5 Å². The van der Waals surface area contributed by atoms with Crippen LogP contribution in [-0.4, -0.2) is 17.4 Å². The van der Waals surface area contributed by atoms with Gasteiger partial charge in [0.25, 0.3) is 0 Å². The van der Waals surface area contributed by atoms with Gasteiger partial charge in [0.2, 0.25) is 12.5 Å². The topological polar surface area (TPSA) is 95.5 Å². The highest BCUT2D eigenvalue weighted by molar-refractivity contribution is 6.18. The van der Waals surface area contributed by atoms with E-state index in [9.17, 15) is 14.9 Å². The number of amides is 1. The molecule has 2 rings (SSSR count). The average Bonchev–Trinajstić information content (AvgIpc) is 2.53. The molecule has 0 saturated heterocycles. The molecule has 6 nitrogen and oxygen atoms in total. The Labute approximate surface area is 133 Å². The highest BCUT2D eigenvalue weighted by Crippen LogP contribution is 2.23. The Kier molecular flexibility index (Phi) is 5.46. The molecule has 6 heteroatoms. The summed E-state index contributed by atoms with van der Waals surface area (Å²) in [4.78, 5) is 21.4. The van der Waals surface area contributed by atoms with Crippen molar-refractivity contribution in [3.63, 3.8) is 0 Å². The van der Waals surface area contributed by atoms with Crippen molar-refractivity contribution in [1.29, 1.82) is 0 Å². The second-order valence-corrected chi connectivity index (χ2v) is 4.77. The summed E-state index contributed by atoms with van der Waals surface area (Å²) in [5.74, 6) is 0.705. The van der Waals surface area contributed by atoms with Crippen LogP contribution in [0.4, 0.5) is 0 Å². The maximum Gasteiger partial charge on any atom is 0.248 e. The number of carbonyl (C=O) groups excluding carboxylic acids is 1. The van der Waals surface area contributed by atoms with E-state index in [0.29, 0.717) is 17.1 Å². The molecular weight excluding hydrogens is 296 g/mol. The molecule has 2 N–H and O–H groups in total. The van der Waals surface area contributed by atoms with Crippen molar-refractivity contribution < 1.29 is 14.5 Å². The maximum absolute atomic E-state index is 11.5. The molecule has 0 bridgehead atoms. The molecule has 0 atom stereocenters. The van der Waals surface area contributed by atoms with E-state index in [0.717, 1.165) is 0 Å². The second-order valence-electron chi connectivity index (χ2n) is 4.77. The van der Waals surface area contributed by atoms with Crippen LogP contribution >= 0.6 is 0 Å². The molecule has 0 heterocycles. The van der Waals surface area contributed by atoms with E-state index in [1.807, 2.05) is 30.3 Å². The summed E-state index contributed by atoms with van der Waals surface area (Å²) in [5, 5.41) is 10.3. The minimum Gasteiger partial charge on any atom is -0.457 e. The first-order chi connectivity index (χ1) is 11.1. The van der Waals surface area contributed by atoms with E-state index in [1.54, 1.807) is 24.3 Å². The van der Waals surface area contributed by atoms with Gasteiger partial charge < -0.3 is 10.5 Å². The lowest BCUT2D eigenvalue weighted by molar-refractivity contribution is -0.478. The van der Waals surface area contributed by atoms with Gasteiger partial charge in [-0.3, -0.25) is 14.9 Å². The normalized spacial score (nSPS) is 11.0. The Morgan fingerprint density at radius 1 is 1.09 bits per heavy atom. The summed E-state index contributed by atoms with van der Waals surface area (Å²) in [5.41, 5.74) is 6.20. The van der Waals surface area contributed by atoms with E-state index in [1.165, 1.54) is 6.08 Å². The van der Waals surface area contributed by atoms with Crippen molar-refractivity contribution >= 4 is 11.5 Å². The number of benzene rings is 2. The van der Waals surface area contributed by atoms with E-state index >= 15 is 0 Å². The number of ether oxygens (including phenoxy) is 1. The fourth-order valence-electron chi connectivity index (χ4n) is 2.00. The minimum atomic E-state index is -0.620. The SMILES string of the molecule is NC(=O)C(=CCC[N+](=O)[O-])c1ccc(Oc2ccccc2)cc1. The molecule has 23 heavy (non-hydrogen) atoms. The van der Waals surface area contributed by atoms with Gasteiger partial charge in [-0.2, -0.15) is 0 Å². The fraction of sp³-hybridized carbons (Fsp3) is 0.118. The molecule has 2 aromatic carbocycles. The Hall–Kier alpha value is -3.15. The lowest BCUT2D eigenvalue weighted by Gasteiger charge is -2.07. The Morgan fingerprint density at radius 3 is 2.26 bits per heavy atom. The minimum absolute atomic E-state index is 0.146. The molecule has 0 aliphatic rings. The summed E-state index contributed by atoms with van der Waals surface area (Å²) in [7, 11) is 0. The lowest BCUT2D eigenvalue weighted by atomic mass is 10.0. The molecule has 0 aromatic heterocycles. The maximum atomic E-state index is 11.5. The molecule has 0 radical (unpaired) electrons. The van der Waals surface area contributed by atoms with Gasteiger partial charge in [-0.15, -0.1) is 0 Å². The largest absolute Gasteiger partial charge is 0.457 e. The van der Waals surface area contributed by atoms with Crippen LogP contribution in [0.5, 0.6) is 11.5 Å². The van der Waals surface area contributed by atoms with Gasteiger partial charge in [-0.25, -0.2) is 0 Å². The average molecular weight is 312 g/mol. The first-order valence-corrected chi connectivity index (χ1v) is 7.01. The smallest absolute Gasteiger partial charge is 0.248 e. The number of hydrogen-bond donors (Lipinski definition) is 1. The number of carbonyl (C=O) groups is 1. The first-order valence-electron chi connectivity index (χ1n) is 7.01. The van der Waals surface area contributed by atoms with Crippen LogP contribution < -0.4 is 10.5 Å². The zero-order valence-electron chi connectivity index (χ0n) is 12.3. The van der Waals surface area contributed by atoms with Crippen LogP contribution in [0.25, 0.3) is 5.57 Å². The third kappa shape index (κ3) is 4.96. The van der Waals surface area contributed by atoms with Gasteiger partial charge in [-0.1, -0.05) is 36.4 Å². The Balaban J connectivity index is 2.12. The predicted octanol–water partition coefficient (Wildman–Crippen LogP) is 3.01. The zero-order valence-corrected chi connectivity index (χ0v) is 12.3. The predicted molar refractivity (Wildman–Crippen MR) is 86.6 cm³/mol. The van der Waals surface area contributed by atoms with Crippen LogP contribution in [0.3, 0.4) is 0 Å². The van der Waals surface area contributed by atoms with Crippen molar-refractivity contribution in [2.45, 2.75) is 6.42 Å². The highest BCUT2D eigenvalue weighted by Gasteiger charge is 2.09. The number of rotatable bonds is 7. The number of nitrogens with zero attached hydrogens (tertiary/aromatic N) is 1. The number of nitro groups is 1. The summed E-state index contributed by atoms with van der Waals surface area (Å²) in [6.07, 6.45) is 1.63. The number of hydrogen-bond acceptors (Lipinski definition) is 4. The second kappa shape index (κ2) is 7.74. The van der Waals surface area contributed by atoms with Crippen LogP contribution in [0.1, 0.15) is 12.0 Å². The molecular formula is C17H16N2O4. The third-order valence-corrected chi connectivity index (χ3v) is 3.07. The molecule has 0 fully saturated rings. The van der Waals surface area contributed by atoms with Crippen molar-refractivity contribution in [3.05, 3.63) is 76.4 Å². The van der Waals surface area contributed by atoms with Crippen LogP contribution in [0.15, 0.2) is 60.7 Å². The molecule has 0 spiro atoms. The fourth-order valence-corrected chi connectivity index (χ4v) is 2.00. The van der Waals surface area contributed by atoms with Crippen molar-refractivity contribution in [2.75, 3.05) is 6.54 Å². The Morgan fingerprint density at radius 2 is 1.70 bits per heavy atom. The van der Waals surface area contributed by atoms with Crippen LogP contribution in [-0.2, 0) is 4.79 Å². The van der Waals surface area contributed by atoms with Crippen LogP contribution in [0.2, 0.25) is 0 Å². The molecule has 2 aromatic rings. The monoisotopic (exact) mass is 312 g/mol. The molecule has 0 saturated carbocycles. The van der Waals surface area contributed by atoms with Crippen molar-refractivity contribution in [3.8, 4) is 11.5 Å². The van der Waals surface area contributed by atoms with E-state index < -0.39 is 10.8 Å². The molecule has 0 unspecified atom stereocenters. The Bertz CT molecular complexity index is 709. The summed E-state index contributed by atoms with van der Waals surface area (Å²) >= 11 is 0. The van der Waals surface area contributed by atoms with Gasteiger partial charge in [0.05, 0.1) is 0 Å². The number of primary amides is 1. The molecule has 118 valence electrons. The van der Waals surface area contributed by atoms with Gasteiger partial charge >= 0.3 is 0 Å². The third-order valence-electron chi connectivity index (χ3n) is 3.07. The quantitative estimate of drug-likeness (QED) is 0.483. The molecule has 0 aliphatic carbocycles. The molecule has 0 aliphatic heterocycles. The van der Waals surface area contributed by atoms with E-state index in [2.05, 4.69) is 0 Å². The standard InChI is InChI=1S/C17H16N2O4/c18-17(20)16(7-4-12-19(21)22)13-8-10-15(11-9-13)23-14-5-2-1-3-6-14/h1-3,5-11H,4,12H2,(H2,18,20). The zero-order chi connectivity index (χ0) is 16.7. The summed E-state index contributed by atoms with van der Waals surface area (Å²) in [6.45, 7) is -0.244. The lowest BCUT2D eigenvalue weighted by Crippen LogP contribution is -2.13. The number of nitrogens with two attached hydrogens (primary N) is 1.